The summed E-state index contributed by atoms with van der Waals surface area (Å²) < 4.78 is 0. The van der Waals surface area contributed by atoms with E-state index in [0.717, 1.165) is 24.6 Å². The molecule has 2 heterocycles. The highest BCUT2D eigenvalue weighted by molar-refractivity contribution is 8.03. The SMILES string of the molecule is CCCc1nc(S/C(=C/[C@H]2C(=O)N(c3ccccc3)N=C2C)C(=O)O)n[nH]1. The van der Waals surface area contributed by atoms with Gasteiger partial charge in [-0.2, -0.15) is 10.1 Å². The van der Waals surface area contributed by atoms with Gasteiger partial charge in [-0.3, -0.25) is 9.89 Å². The highest BCUT2D eigenvalue weighted by Crippen LogP contribution is 2.29. The maximum absolute atomic E-state index is 12.7. The van der Waals surface area contributed by atoms with Crippen LogP contribution in [-0.2, 0) is 16.0 Å². The van der Waals surface area contributed by atoms with E-state index < -0.39 is 11.9 Å². The number of hydrogen-bond acceptors (Lipinski definition) is 6. The first-order chi connectivity index (χ1) is 13.0. The summed E-state index contributed by atoms with van der Waals surface area (Å²) in [5.74, 6) is -1.46. The largest absolute Gasteiger partial charge is 0.477 e. The van der Waals surface area contributed by atoms with Gasteiger partial charge in [0.15, 0.2) is 0 Å². The lowest BCUT2D eigenvalue weighted by Gasteiger charge is -2.12. The molecule has 0 bridgehead atoms. The van der Waals surface area contributed by atoms with Gasteiger partial charge in [0.1, 0.15) is 5.82 Å². The van der Waals surface area contributed by atoms with Crippen LogP contribution in [0.3, 0.4) is 0 Å². The fourth-order valence-electron chi connectivity index (χ4n) is 2.60. The number of nitrogens with one attached hydrogen (secondary N) is 1. The Balaban J connectivity index is 1.82. The molecule has 0 saturated carbocycles. The standard InChI is InChI=1S/C18H19N5O3S/c1-3-7-15-19-18(21-20-15)27-14(17(25)26)10-13-11(2)22-23(16(13)24)12-8-5-4-6-9-12/h4-6,8-10,13H,3,7H2,1-2H3,(H,25,26)(H,19,20,21)/b14-10+/t13-/m1/s1. The van der Waals surface area contributed by atoms with Crippen LogP contribution in [0.2, 0.25) is 0 Å². The quantitative estimate of drug-likeness (QED) is 0.560. The van der Waals surface area contributed by atoms with Crippen molar-refractivity contribution in [3.05, 3.63) is 47.1 Å². The van der Waals surface area contributed by atoms with Crippen LogP contribution in [0.25, 0.3) is 0 Å². The lowest BCUT2D eigenvalue weighted by molar-refractivity contribution is -0.131. The summed E-state index contributed by atoms with van der Waals surface area (Å²) in [4.78, 5) is 28.7. The number of rotatable bonds is 7. The molecule has 1 aromatic carbocycles. The van der Waals surface area contributed by atoms with Crippen molar-refractivity contribution in [3.8, 4) is 0 Å². The number of aromatic nitrogens is 3. The van der Waals surface area contributed by atoms with Gasteiger partial charge in [-0.05, 0) is 43.3 Å². The van der Waals surface area contributed by atoms with Crippen LogP contribution in [0, 0.1) is 5.92 Å². The molecule has 1 aliphatic rings. The van der Waals surface area contributed by atoms with Gasteiger partial charge in [0, 0.05) is 6.42 Å². The third-order valence-corrected chi connectivity index (χ3v) is 4.81. The summed E-state index contributed by atoms with van der Waals surface area (Å²) in [6.07, 6.45) is 3.05. The van der Waals surface area contributed by atoms with Crippen molar-refractivity contribution in [2.75, 3.05) is 5.01 Å². The Hall–Kier alpha value is -2.94. The summed E-state index contributed by atoms with van der Waals surface area (Å²) in [6.45, 7) is 3.72. The number of carbonyl (C=O) groups excluding carboxylic acids is 1. The summed E-state index contributed by atoms with van der Waals surface area (Å²) in [6, 6.07) is 9.02. The van der Waals surface area contributed by atoms with Gasteiger partial charge in [-0.25, -0.2) is 9.78 Å². The molecule has 8 nitrogen and oxygen atoms in total. The Morgan fingerprint density at radius 2 is 2.11 bits per heavy atom. The van der Waals surface area contributed by atoms with Crippen LogP contribution in [0.1, 0.15) is 26.1 Å². The van der Waals surface area contributed by atoms with E-state index in [4.69, 9.17) is 0 Å². The Morgan fingerprint density at radius 1 is 1.37 bits per heavy atom. The predicted octanol–water partition coefficient (Wildman–Crippen LogP) is 2.86. The van der Waals surface area contributed by atoms with E-state index in [2.05, 4.69) is 20.3 Å². The van der Waals surface area contributed by atoms with Crippen LogP contribution in [0.4, 0.5) is 5.69 Å². The molecular weight excluding hydrogens is 366 g/mol. The number of thioether (sulfide) groups is 1. The second-order valence-electron chi connectivity index (χ2n) is 5.96. The third-order valence-electron chi connectivity index (χ3n) is 3.91. The summed E-state index contributed by atoms with van der Waals surface area (Å²) in [5, 5.41) is 22.3. The van der Waals surface area contributed by atoms with Crippen molar-refractivity contribution in [2.24, 2.45) is 11.0 Å². The Labute approximate surface area is 160 Å². The molecule has 0 spiro atoms. The van der Waals surface area contributed by atoms with Gasteiger partial charge < -0.3 is 5.11 Å². The maximum Gasteiger partial charge on any atom is 0.342 e. The molecule has 2 N–H and O–H groups in total. The molecule has 1 aliphatic heterocycles. The van der Waals surface area contributed by atoms with E-state index in [-0.39, 0.29) is 10.8 Å². The monoisotopic (exact) mass is 385 g/mol. The zero-order valence-corrected chi connectivity index (χ0v) is 15.7. The number of H-pyrrole nitrogens is 1. The van der Waals surface area contributed by atoms with Crippen molar-refractivity contribution in [3.63, 3.8) is 0 Å². The number of para-hydroxylation sites is 1. The van der Waals surface area contributed by atoms with E-state index in [0.29, 0.717) is 22.4 Å². The van der Waals surface area contributed by atoms with Gasteiger partial charge in [0.05, 0.1) is 22.2 Å². The van der Waals surface area contributed by atoms with Crippen LogP contribution in [0.15, 0.2) is 51.6 Å². The minimum absolute atomic E-state index is 0.0140. The number of anilines is 1. The molecular formula is C18H19N5O3S. The molecule has 0 radical (unpaired) electrons. The molecule has 27 heavy (non-hydrogen) atoms. The normalized spacial score (nSPS) is 17.3. The minimum Gasteiger partial charge on any atom is -0.477 e. The first-order valence-electron chi connectivity index (χ1n) is 8.48. The van der Waals surface area contributed by atoms with E-state index in [1.54, 1.807) is 19.1 Å². The van der Waals surface area contributed by atoms with E-state index in [1.807, 2.05) is 25.1 Å². The van der Waals surface area contributed by atoms with Gasteiger partial charge in [-0.1, -0.05) is 25.1 Å². The molecule has 0 saturated heterocycles. The Bertz CT molecular complexity index is 907. The number of hydrazone groups is 1. The topological polar surface area (TPSA) is 112 Å². The molecule has 2 aromatic rings. The van der Waals surface area contributed by atoms with E-state index >= 15 is 0 Å². The summed E-state index contributed by atoms with van der Waals surface area (Å²) in [7, 11) is 0. The second-order valence-corrected chi connectivity index (χ2v) is 6.97. The van der Waals surface area contributed by atoms with Gasteiger partial charge in [0.2, 0.25) is 5.16 Å². The van der Waals surface area contributed by atoms with E-state index in [9.17, 15) is 14.7 Å². The molecule has 0 unspecified atom stereocenters. The number of benzene rings is 1. The number of nitrogens with zero attached hydrogens (tertiary/aromatic N) is 4. The second kappa shape index (κ2) is 8.17. The molecule has 3 rings (SSSR count). The summed E-state index contributed by atoms with van der Waals surface area (Å²) in [5.41, 5.74) is 1.17. The van der Waals surface area contributed by atoms with Crippen molar-refractivity contribution in [2.45, 2.75) is 31.8 Å². The first-order valence-corrected chi connectivity index (χ1v) is 9.29. The van der Waals surface area contributed by atoms with Gasteiger partial charge in [-0.15, -0.1) is 5.10 Å². The number of aromatic amines is 1. The smallest absolute Gasteiger partial charge is 0.342 e. The van der Waals surface area contributed by atoms with Gasteiger partial charge >= 0.3 is 5.97 Å². The van der Waals surface area contributed by atoms with E-state index in [1.165, 1.54) is 11.1 Å². The highest BCUT2D eigenvalue weighted by Gasteiger charge is 2.34. The number of carbonyl (C=O) groups is 2. The number of aryl methyl sites for hydroxylation is 1. The zero-order chi connectivity index (χ0) is 19.4. The highest BCUT2D eigenvalue weighted by atomic mass is 32.2. The van der Waals surface area contributed by atoms with Crippen molar-refractivity contribution in [1.82, 2.24) is 15.2 Å². The van der Waals surface area contributed by atoms with Crippen LogP contribution >= 0.6 is 11.8 Å². The van der Waals surface area contributed by atoms with Crippen molar-refractivity contribution in [1.29, 1.82) is 0 Å². The molecule has 140 valence electrons. The number of hydrogen-bond donors (Lipinski definition) is 2. The zero-order valence-electron chi connectivity index (χ0n) is 14.9. The van der Waals surface area contributed by atoms with Crippen LogP contribution < -0.4 is 5.01 Å². The number of amides is 1. The molecule has 1 amide bonds. The number of aliphatic carboxylic acids is 1. The lowest BCUT2D eigenvalue weighted by Crippen LogP contribution is -2.26. The number of carboxylic acid groups (broad SMARTS) is 1. The van der Waals surface area contributed by atoms with Crippen LogP contribution in [-0.4, -0.2) is 37.9 Å². The lowest BCUT2D eigenvalue weighted by atomic mass is 10.0. The summed E-state index contributed by atoms with van der Waals surface area (Å²) >= 11 is 0.914. The Kier molecular flexibility index (Phi) is 5.70. The number of carboxylic acids is 1. The average Bonchev–Trinajstić information content (AvgIpc) is 3.21. The predicted molar refractivity (Wildman–Crippen MR) is 102 cm³/mol. The Morgan fingerprint density at radius 3 is 2.78 bits per heavy atom. The average molecular weight is 385 g/mol. The molecule has 1 atom stereocenters. The fraction of sp³-hybridized carbons (Fsp3) is 0.278. The third kappa shape index (κ3) is 4.25. The van der Waals surface area contributed by atoms with Gasteiger partial charge in [0.25, 0.3) is 5.91 Å². The molecule has 9 heteroatoms. The first kappa shape index (κ1) is 18.8. The minimum atomic E-state index is -1.14. The maximum atomic E-state index is 12.7. The van der Waals surface area contributed by atoms with Crippen LogP contribution in [0.5, 0.6) is 0 Å². The molecule has 1 aromatic heterocycles. The van der Waals surface area contributed by atoms with Crippen molar-refractivity contribution < 1.29 is 14.7 Å². The fourth-order valence-corrected chi connectivity index (χ4v) is 3.33. The van der Waals surface area contributed by atoms with Crippen molar-refractivity contribution >= 4 is 35.0 Å². The molecule has 0 fully saturated rings. The molecule has 0 aliphatic carbocycles.